The first-order chi connectivity index (χ1) is 13.6. The van der Waals surface area contributed by atoms with Crippen LogP contribution in [0.15, 0.2) is 30.7 Å². The second-order valence-corrected chi connectivity index (χ2v) is 6.31. The summed E-state index contributed by atoms with van der Waals surface area (Å²) >= 11 is 0. The van der Waals surface area contributed by atoms with E-state index in [1.54, 1.807) is 24.4 Å². The molecule has 10 nitrogen and oxygen atoms in total. The van der Waals surface area contributed by atoms with Crippen molar-refractivity contribution in [1.82, 2.24) is 19.7 Å². The van der Waals surface area contributed by atoms with Gasteiger partial charge in [-0.2, -0.15) is 9.78 Å². The van der Waals surface area contributed by atoms with E-state index in [2.05, 4.69) is 25.7 Å². The number of carbonyl (C=O) groups is 2. The molecule has 0 atom stereocenters. The maximum absolute atomic E-state index is 11.9. The molecule has 144 valence electrons. The van der Waals surface area contributed by atoms with Crippen LogP contribution in [0, 0.1) is 5.92 Å². The van der Waals surface area contributed by atoms with E-state index >= 15 is 0 Å². The van der Waals surface area contributed by atoms with E-state index < -0.39 is 6.09 Å². The fourth-order valence-corrected chi connectivity index (χ4v) is 2.76. The molecule has 1 aliphatic carbocycles. The number of amides is 1. The molecule has 1 fully saturated rings. The minimum Gasteiger partial charge on any atom is -0.494 e. The Bertz CT molecular complexity index is 1060. The average Bonchev–Trinajstić information content (AvgIpc) is 3.48. The number of nitrogens with zero attached hydrogens (tertiary/aromatic N) is 4. The quantitative estimate of drug-likeness (QED) is 0.691. The summed E-state index contributed by atoms with van der Waals surface area (Å²) in [5, 5.41) is 10.7. The third-order valence-corrected chi connectivity index (χ3v) is 4.37. The Balaban J connectivity index is 1.62. The van der Waals surface area contributed by atoms with Crippen LogP contribution in [0.3, 0.4) is 0 Å². The summed E-state index contributed by atoms with van der Waals surface area (Å²) in [7, 11) is 2.81. The molecule has 3 aromatic rings. The summed E-state index contributed by atoms with van der Waals surface area (Å²) in [6.45, 7) is 0. The summed E-state index contributed by atoms with van der Waals surface area (Å²) in [5.41, 5.74) is 1.17. The van der Waals surface area contributed by atoms with Gasteiger partial charge < -0.3 is 20.1 Å². The van der Waals surface area contributed by atoms with Gasteiger partial charge in [-0.25, -0.2) is 14.8 Å². The summed E-state index contributed by atoms with van der Waals surface area (Å²) < 4.78 is 11.3. The van der Waals surface area contributed by atoms with Gasteiger partial charge in [-0.05, 0) is 18.9 Å². The highest BCUT2D eigenvalue weighted by Gasteiger charge is 2.29. The lowest BCUT2D eigenvalue weighted by Crippen LogP contribution is -2.14. The Morgan fingerprint density at radius 3 is 2.64 bits per heavy atom. The molecule has 2 N–H and O–H groups in total. The van der Waals surface area contributed by atoms with Crippen LogP contribution in [0.4, 0.5) is 22.1 Å². The molecule has 0 aliphatic heterocycles. The smallest absolute Gasteiger partial charge is 0.434 e. The molecular weight excluding hydrogens is 364 g/mol. The Morgan fingerprint density at radius 1 is 1.14 bits per heavy atom. The molecule has 10 heteroatoms. The van der Waals surface area contributed by atoms with Gasteiger partial charge in [0.05, 0.1) is 31.6 Å². The highest BCUT2D eigenvalue weighted by atomic mass is 16.5. The van der Waals surface area contributed by atoms with E-state index in [-0.39, 0.29) is 11.8 Å². The number of carbonyl (C=O) groups excluding carboxylic acids is 2. The SMILES string of the molecule is COC(=O)n1ncc2cc(Nc3cc(NC(=O)C4CC4)ncn3)c(OC)cc21. The number of benzene rings is 1. The number of hydrogen-bond donors (Lipinski definition) is 2. The molecule has 2 heterocycles. The Hall–Kier alpha value is -3.69. The van der Waals surface area contributed by atoms with Crippen molar-refractivity contribution >= 4 is 40.2 Å². The number of nitrogens with one attached hydrogen (secondary N) is 2. The Kier molecular flexibility index (Phi) is 4.52. The molecule has 0 spiro atoms. The van der Waals surface area contributed by atoms with Gasteiger partial charge in [0.1, 0.15) is 23.7 Å². The van der Waals surface area contributed by atoms with Crippen molar-refractivity contribution in [2.75, 3.05) is 24.9 Å². The molecular formula is C18H18N6O4. The van der Waals surface area contributed by atoms with E-state index in [1.807, 2.05) is 0 Å². The third-order valence-electron chi connectivity index (χ3n) is 4.37. The maximum Gasteiger partial charge on any atom is 0.434 e. The normalized spacial score (nSPS) is 13.2. The van der Waals surface area contributed by atoms with Crippen LogP contribution in [-0.2, 0) is 9.53 Å². The van der Waals surface area contributed by atoms with Crippen molar-refractivity contribution in [3.8, 4) is 5.75 Å². The topological polar surface area (TPSA) is 120 Å². The van der Waals surface area contributed by atoms with Crippen molar-refractivity contribution in [3.05, 3.63) is 30.7 Å². The van der Waals surface area contributed by atoms with Gasteiger partial charge in [0, 0.05) is 23.4 Å². The molecule has 28 heavy (non-hydrogen) atoms. The van der Waals surface area contributed by atoms with E-state index in [9.17, 15) is 9.59 Å². The standard InChI is InChI=1S/C18H18N6O4/c1-27-14-6-13-11(8-21-24(13)18(26)28-2)5-12(14)22-15-7-16(20-9-19-15)23-17(25)10-3-4-10/h5-10H,3-4H2,1-2H3,(H2,19,20,22,23,25). The zero-order valence-corrected chi connectivity index (χ0v) is 15.3. The predicted molar refractivity (Wildman–Crippen MR) is 101 cm³/mol. The molecule has 1 aliphatic rings. The summed E-state index contributed by atoms with van der Waals surface area (Å²) in [4.78, 5) is 32.0. The zero-order chi connectivity index (χ0) is 19.7. The van der Waals surface area contributed by atoms with Crippen LogP contribution in [0.1, 0.15) is 12.8 Å². The first-order valence-corrected chi connectivity index (χ1v) is 8.63. The van der Waals surface area contributed by atoms with Crippen LogP contribution in [-0.4, -0.2) is 46.0 Å². The third kappa shape index (κ3) is 3.43. The van der Waals surface area contributed by atoms with Crippen LogP contribution in [0.5, 0.6) is 5.75 Å². The molecule has 2 aromatic heterocycles. The van der Waals surface area contributed by atoms with Crippen molar-refractivity contribution in [1.29, 1.82) is 0 Å². The molecule has 0 saturated heterocycles. The Morgan fingerprint density at radius 2 is 1.93 bits per heavy atom. The molecule has 0 unspecified atom stereocenters. The molecule has 1 aromatic carbocycles. The molecule has 0 bridgehead atoms. The fraction of sp³-hybridized carbons (Fsp3) is 0.278. The number of aromatic nitrogens is 4. The van der Waals surface area contributed by atoms with Gasteiger partial charge in [-0.15, -0.1) is 0 Å². The summed E-state index contributed by atoms with van der Waals surface area (Å²) in [6.07, 6.45) is 4.16. The first-order valence-electron chi connectivity index (χ1n) is 8.63. The second-order valence-electron chi connectivity index (χ2n) is 6.31. The molecule has 1 amide bonds. The summed E-state index contributed by atoms with van der Waals surface area (Å²) in [6, 6.07) is 5.10. The van der Waals surface area contributed by atoms with E-state index in [1.165, 1.54) is 20.5 Å². The lowest BCUT2D eigenvalue weighted by atomic mass is 10.2. The van der Waals surface area contributed by atoms with Crippen molar-refractivity contribution in [2.24, 2.45) is 5.92 Å². The number of fused-ring (bicyclic) bond motifs is 1. The minimum absolute atomic E-state index is 0.0288. The monoisotopic (exact) mass is 382 g/mol. The van der Waals surface area contributed by atoms with Crippen molar-refractivity contribution in [3.63, 3.8) is 0 Å². The van der Waals surface area contributed by atoms with Crippen LogP contribution in [0.25, 0.3) is 10.9 Å². The van der Waals surface area contributed by atoms with Crippen LogP contribution >= 0.6 is 0 Å². The van der Waals surface area contributed by atoms with E-state index in [4.69, 9.17) is 9.47 Å². The van der Waals surface area contributed by atoms with Gasteiger partial charge in [0.2, 0.25) is 5.91 Å². The summed E-state index contributed by atoms with van der Waals surface area (Å²) in [5.74, 6) is 1.45. The van der Waals surface area contributed by atoms with E-state index in [0.29, 0.717) is 34.0 Å². The lowest BCUT2D eigenvalue weighted by Gasteiger charge is -2.12. The van der Waals surface area contributed by atoms with Gasteiger partial charge >= 0.3 is 6.09 Å². The number of ether oxygens (including phenoxy) is 2. The highest BCUT2D eigenvalue weighted by molar-refractivity contribution is 5.94. The van der Waals surface area contributed by atoms with Crippen molar-refractivity contribution in [2.45, 2.75) is 12.8 Å². The maximum atomic E-state index is 11.9. The van der Waals surface area contributed by atoms with Gasteiger partial charge in [-0.3, -0.25) is 4.79 Å². The van der Waals surface area contributed by atoms with E-state index in [0.717, 1.165) is 17.5 Å². The minimum atomic E-state index is -0.593. The number of anilines is 3. The number of methoxy groups -OCH3 is 2. The van der Waals surface area contributed by atoms with Gasteiger partial charge in [-0.1, -0.05) is 0 Å². The van der Waals surface area contributed by atoms with Crippen molar-refractivity contribution < 1.29 is 19.1 Å². The van der Waals surface area contributed by atoms with Gasteiger partial charge in [0.15, 0.2) is 0 Å². The largest absolute Gasteiger partial charge is 0.494 e. The molecule has 0 radical (unpaired) electrons. The highest BCUT2D eigenvalue weighted by Crippen LogP contribution is 2.33. The number of hydrogen-bond acceptors (Lipinski definition) is 8. The second kappa shape index (κ2) is 7.14. The first kappa shape index (κ1) is 17.7. The molecule has 1 saturated carbocycles. The van der Waals surface area contributed by atoms with Gasteiger partial charge in [0.25, 0.3) is 0 Å². The predicted octanol–water partition coefficient (Wildman–Crippen LogP) is 2.54. The fourth-order valence-electron chi connectivity index (χ4n) is 2.76. The zero-order valence-electron chi connectivity index (χ0n) is 15.3. The average molecular weight is 382 g/mol. The number of rotatable bonds is 5. The van der Waals surface area contributed by atoms with Crippen LogP contribution in [0.2, 0.25) is 0 Å². The molecule has 4 rings (SSSR count). The Labute approximate surface area is 159 Å². The van der Waals surface area contributed by atoms with Crippen LogP contribution < -0.4 is 15.4 Å². The lowest BCUT2D eigenvalue weighted by molar-refractivity contribution is -0.117.